The minimum absolute atomic E-state index is 0.00476. The molecule has 0 aliphatic carbocycles. The van der Waals surface area contributed by atoms with E-state index in [0.717, 1.165) is 13.0 Å². The largest absolute Gasteiger partial charge is 0.387 e. The molecule has 0 saturated carbocycles. The monoisotopic (exact) mass is 480 g/mol. The van der Waals surface area contributed by atoms with Crippen molar-refractivity contribution in [3.63, 3.8) is 0 Å². The van der Waals surface area contributed by atoms with Crippen LogP contribution in [0.25, 0.3) is 10.9 Å². The summed E-state index contributed by atoms with van der Waals surface area (Å²) in [6, 6.07) is 4.60. The van der Waals surface area contributed by atoms with E-state index in [0.29, 0.717) is 28.0 Å². The van der Waals surface area contributed by atoms with Crippen LogP contribution in [0.5, 0.6) is 0 Å². The lowest BCUT2D eigenvalue weighted by Gasteiger charge is -2.23. The van der Waals surface area contributed by atoms with E-state index < -0.39 is 36.6 Å². The van der Waals surface area contributed by atoms with Gasteiger partial charge in [-0.25, -0.2) is 14.4 Å². The molecule has 0 amide bonds. The van der Waals surface area contributed by atoms with Gasteiger partial charge in [-0.3, -0.25) is 4.98 Å². The zero-order chi connectivity index (χ0) is 24.7. The first kappa shape index (κ1) is 25.1. The number of hydrogen-bond donors (Lipinski definition) is 2. The summed E-state index contributed by atoms with van der Waals surface area (Å²) in [6.45, 7) is 9.61. The summed E-state index contributed by atoms with van der Waals surface area (Å²) in [6.07, 6.45) is -0.520. The number of aliphatic hydroxyl groups is 1. The molecule has 0 spiro atoms. The number of aryl methyl sites for hydroxylation is 1. The van der Waals surface area contributed by atoms with Crippen molar-refractivity contribution in [3.8, 4) is 0 Å². The van der Waals surface area contributed by atoms with Gasteiger partial charge in [0.2, 0.25) is 0 Å². The number of nitrogens with one attached hydrogen (secondary N) is 1. The Balaban J connectivity index is 2.07. The fourth-order valence-corrected chi connectivity index (χ4v) is 4.61. The summed E-state index contributed by atoms with van der Waals surface area (Å²) < 4.78 is 56.9. The first-order chi connectivity index (χ1) is 15.3. The maximum Gasteiger partial charge on any atom is 0.301 e. The van der Waals surface area contributed by atoms with E-state index in [4.69, 9.17) is 0 Å². The number of nitrogens with zero attached hydrogens (tertiary/aromatic N) is 3. The number of anilines is 1. The third-order valence-corrected chi connectivity index (χ3v) is 8.98. The van der Waals surface area contributed by atoms with E-state index in [2.05, 4.69) is 20.3 Å². The van der Waals surface area contributed by atoms with Gasteiger partial charge >= 0.3 is 5.92 Å². The molecular formula is C23H28F3N4O2P. The van der Waals surface area contributed by atoms with Gasteiger partial charge in [0.05, 0.1) is 23.3 Å². The summed E-state index contributed by atoms with van der Waals surface area (Å²) in [5, 5.41) is 13.1. The second-order valence-corrected chi connectivity index (χ2v) is 12.1. The van der Waals surface area contributed by atoms with E-state index >= 15 is 4.39 Å². The number of halogens is 3. The summed E-state index contributed by atoms with van der Waals surface area (Å²) in [4.78, 5) is 13.1. The highest BCUT2D eigenvalue weighted by Crippen LogP contribution is 2.45. The minimum atomic E-state index is -3.74. The molecule has 1 unspecified atom stereocenters. The molecule has 2 heterocycles. The van der Waals surface area contributed by atoms with Gasteiger partial charge in [0.25, 0.3) is 0 Å². The van der Waals surface area contributed by atoms with Gasteiger partial charge in [-0.2, -0.15) is 8.78 Å². The number of alkyl halides is 2. The fourth-order valence-electron chi connectivity index (χ4n) is 3.40. The van der Waals surface area contributed by atoms with Crippen molar-refractivity contribution in [2.24, 2.45) is 0 Å². The SMILES string of the molecule is Cc1nc(N[C@H](C)c2cccc(C(F)(F)[C@@H](C)O)c2F)c2cc(P(C)(=O)C(C)C)ncc2n1. The average molecular weight is 480 g/mol. The second-order valence-electron chi connectivity index (χ2n) is 8.64. The van der Waals surface area contributed by atoms with Crippen molar-refractivity contribution in [3.05, 3.63) is 53.2 Å². The second kappa shape index (κ2) is 9.03. The van der Waals surface area contributed by atoms with Gasteiger partial charge in [-0.05, 0) is 39.6 Å². The maximum absolute atomic E-state index is 15.1. The van der Waals surface area contributed by atoms with Crippen LogP contribution < -0.4 is 10.8 Å². The summed E-state index contributed by atoms with van der Waals surface area (Å²) in [5.41, 5.74) is -0.0494. The molecule has 0 aliphatic heterocycles. The highest BCUT2D eigenvalue weighted by Gasteiger charge is 2.40. The minimum Gasteiger partial charge on any atom is -0.387 e. The van der Waals surface area contributed by atoms with Crippen molar-refractivity contribution in [1.82, 2.24) is 15.0 Å². The number of hydrogen-bond acceptors (Lipinski definition) is 6. The van der Waals surface area contributed by atoms with Crippen LogP contribution in [0.3, 0.4) is 0 Å². The Hall–Kier alpha value is -2.51. The van der Waals surface area contributed by atoms with Gasteiger partial charge in [0.1, 0.15) is 36.1 Å². The predicted octanol–water partition coefficient (Wildman–Crippen LogP) is 5.14. The summed E-state index contributed by atoms with van der Waals surface area (Å²) >= 11 is 0. The standard InChI is InChI=1S/C23H28F3N4O2P/c1-12(2)33(6,32)20-10-17-19(11-27-20)29-15(5)30-22(17)28-13(3)16-8-7-9-18(21(16)24)23(25,26)14(4)31/h7-14,31H,1-6H3,(H,28,29,30)/t13-,14-,33?/m1/s1. The molecule has 178 valence electrons. The zero-order valence-electron chi connectivity index (χ0n) is 19.4. The smallest absolute Gasteiger partial charge is 0.301 e. The Labute approximate surface area is 191 Å². The third kappa shape index (κ3) is 4.75. The topological polar surface area (TPSA) is 88.0 Å². The van der Waals surface area contributed by atoms with Crippen LogP contribution in [-0.4, -0.2) is 38.5 Å². The van der Waals surface area contributed by atoms with Crippen molar-refractivity contribution >= 4 is 29.3 Å². The molecule has 3 atom stereocenters. The Morgan fingerprint density at radius 2 is 1.82 bits per heavy atom. The fraction of sp³-hybridized carbons (Fsp3) is 0.435. The Kier molecular flexibility index (Phi) is 6.87. The Morgan fingerprint density at radius 3 is 2.42 bits per heavy atom. The molecule has 3 rings (SSSR count). The van der Waals surface area contributed by atoms with Gasteiger partial charge in [0, 0.05) is 16.6 Å². The molecule has 0 aliphatic rings. The molecule has 0 saturated heterocycles. The molecule has 0 radical (unpaired) electrons. The molecule has 1 aromatic carbocycles. The van der Waals surface area contributed by atoms with Gasteiger partial charge in [-0.15, -0.1) is 0 Å². The van der Waals surface area contributed by atoms with E-state index in [1.807, 2.05) is 13.8 Å². The highest BCUT2D eigenvalue weighted by atomic mass is 31.2. The average Bonchev–Trinajstić information content (AvgIpc) is 2.72. The van der Waals surface area contributed by atoms with E-state index in [1.165, 1.54) is 18.3 Å². The van der Waals surface area contributed by atoms with Crippen molar-refractivity contribution in [2.45, 2.75) is 58.3 Å². The first-order valence-corrected chi connectivity index (χ1v) is 12.8. The van der Waals surface area contributed by atoms with Gasteiger partial charge in [0.15, 0.2) is 0 Å². The van der Waals surface area contributed by atoms with E-state index in [9.17, 15) is 18.5 Å². The number of fused-ring (bicyclic) bond motifs is 1. The summed E-state index contributed by atoms with van der Waals surface area (Å²) in [7, 11) is -2.75. The highest BCUT2D eigenvalue weighted by molar-refractivity contribution is 7.71. The van der Waals surface area contributed by atoms with E-state index in [-0.39, 0.29) is 11.2 Å². The zero-order valence-corrected chi connectivity index (χ0v) is 20.3. The predicted molar refractivity (Wildman–Crippen MR) is 124 cm³/mol. The van der Waals surface area contributed by atoms with Crippen LogP contribution in [0.15, 0.2) is 30.5 Å². The van der Waals surface area contributed by atoms with Crippen LogP contribution in [0.2, 0.25) is 0 Å². The normalized spacial score (nSPS) is 16.0. The third-order valence-electron chi connectivity index (χ3n) is 5.85. The van der Waals surface area contributed by atoms with Crippen LogP contribution in [0.1, 0.15) is 50.7 Å². The van der Waals surface area contributed by atoms with Crippen molar-refractivity contribution in [1.29, 1.82) is 0 Å². The lowest BCUT2D eigenvalue weighted by Crippen LogP contribution is -2.29. The molecule has 2 N–H and O–H groups in total. The molecule has 33 heavy (non-hydrogen) atoms. The number of aliphatic hydroxyl groups excluding tert-OH is 1. The molecule has 0 bridgehead atoms. The number of rotatable bonds is 7. The van der Waals surface area contributed by atoms with Crippen LogP contribution in [0.4, 0.5) is 19.0 Å². The lowest BCUT2D eigenvalue weighted by molar-refractivity contribution is -0.108. The van der Waals surface area contributed by atoms with Crippen LogP contribution in [0, 0.1) is 12.7 Å². The first-order valence-electron chi connectivity index (χ1n) is 10.6. The quantitative estimate of drug-likeness (QED) is 0.455. The van der Waals surface area contributed by atoms with Crippen molar-refractivity contribution in [2.75, 3.05) is 12.0 Å². The maximum atomic E-state index is 15.1. The van der Waals surface area contributed by atoms with Crippen LogP contribution >= 0.6 is 7.14 Å². The van der Waals surface area contributed by atoms with E-state index in [1.54, 1.807) is 26.6 Å². The molecule has 3 aromatic rings. The van der Waals surface area contributed by atoms with Gasteiger partial charge < -0.3 is 15.0 Å². The molecule has 10 heteroatoms. The number of pyridine rings is 1. The van der Waals surface area contributed by atoms with Gasteiger partial charge in [-0.1, -0.05) is 26.0 Å². The number of benzene rings is 1. The summed E-state index contributed by atoms with van der Waals surface area (Å²) in [5.74, 6) is -4.05. The molecular weight excluding hydrogens is 452 g/mol. The molecule has 6 nitrogen and oxygen atoms in total. The lowest BCUT2D eigenvalue weighted by atomic mass is 9.97. The Bertz CT molecular complexity index is 1230. The van der Waals surface area contributed by atoms with Crippen LogP contribution in [-0.2, 0) is 10.5 Å². The molecule has 0 fully saturated rings. The Morgan fingerprint density at radius 1 is 1.15 bits per heavy atom. The van der Waals surface area contributed by atoms with Crippen molar-refractivity contribution < 1.29 is 22.8 Å². The number of aromatic nitrogens is 3. The molecule has 2 aromatic heterocycles.